The lowest BCUT2D eigenvalue weighted by molar-refractivity contribution is 0.432. The van der Waals surface area contributed by atoms with Crippen molar-refractivity contribution in [3.05, 3.63) is 54.4 Å². The van der Waals surface area contributed by atoms with E-state index in [0.717, 1.165) is 22.4 Å². The van der Waals surface area contributed by atoms with E-state index in [1.54, 1.807) is 24.5 Å². The summed E-state index contributed by atoms with van der Waals surface area (Å²) in [6, 6.07) is 11.7. The molecule has 7 nitrogen and oxygen atoms in total. The first-order chi connectivity index (χ1) is 11.3. The third-order valence-electron chi connectivity index (χ3n) is 3.40. The third kappa shape index (κ3) is 2.48. The average molecular weight is 304 g/mol. The molecular formula is C16H12N6O. The van der Waals surface area contributed by atoms with E-state index in [4.69, 9.17) is 4.52 Å². The van der Waals surface area contributed by atoms with E-state index in [0.29, 0.717) is 17.4 Å². The second kappa shape index (κ2) is 5.45. The van der Waals surface area contributed by atoms with Gasteiger partial charge >= 0.3 is 0 Å². The molecular weight excluding hydrogens is 292 g/mol. The van der Waals surface area contributed by atoms with E-state index in [-0.39, 0.29) is 0 Å². The number of aryl methyl sites for hydroxylation is 1. The van der Waals surface area contributed by atoms with Crippen molar-refractivity contribution in [3.8, 4) is 34.2 Å². The maximum absolute atomic E-state index is 5.37. The Morgan fingerprint density at radius 2 is 2.09 bits per heavy atom. The number of nitrogens with one attached hydrogen (secondary N) is 1. The number of aromatic amines is 1. The summed E-state index contributed by atoms with van der Waals surface area (Å²) in [5.74, 6) is 0.778. The first-order valence-electron chi connectivity index (χ1n) is 7.04. The standard InChI is InChI=1S/C16H12N6O/c1-10-4-2-5-11(8-10)14-12(9-18-21-14)16-19-15(22-23-16)13-6-3-7-17-20-13/h2-9H,1H3,(H,18,21). The quantitative estimate of drug-likeness (QED) is 0.625. The van der Waals surface area contributed by atoms with Gasteiger partial charge in [-0.25, -0.2) is 0 Å². The lowest BCUT2D eigenvalue weighted by atomic mass is 10.1. The Kier molecular flexibility index (Phi) is 3.16. The van der Waals surface area contributed by atoms with Crippen molar-refractivity contribution in [1.82, 2.24) is 30.5 Å². The van der Waals surface area contributed by atoms with E-state index < -0.39 is 0 Å². The van der Waals surface area contributed by atoms with Gasteiger partial charge in [0, 0.05) is 11.8 Å². The van der Waals surface area contributed by atoms with Crippen LogP contribution in [0.25, 0.3) is 34.2 Å². The predicted molar refractivity (Wildman–Crippen MR) is 83.1 cm³/mol. The van der Waals surface area contributed by atoms with Gasteiger partial charge in [-0.1, -0.05) is 28.9 Å². The first-order valence-corrected chi connectivity index (χ1v) is 7.04. The topological polar surface area (TPSA) is 93.4 Å². The van der Waals surface area contributed by atoms with Gasteiger partial charge < -0.3 is 4.52 Å². The first kappa shape index (κ1) is 13.3. The van der Waals surface area contributed by atoms with Crippen LogP contribution in [-0.2, 0) is 0 Å². The van der Waals surface area contributed by atoms with Crippen molar-refractivity contribution >= 4 is 0 Å². The molecule has 0 saturated carbocycles. The Hall–Kier alpha value is -3.35. The molecule has 0 aliphatic rings. The summed E-state index contributed by atoms with van der Waals surface area (Å²) in [5.41, 5.74) is 4.31. The Morgan fingerprint density at radius 1 is 1.13 bits per heavy atom. The summed E-state index contributed by atoms with van der Waals surface area (Å²) in [6.45, 7) is 2.04. The van der Waals surface area contributed by atoms with Gasteiger partial charge in [0.25, 0.3) is 5.89 Å². The van der Waals surface area contributed by atoms with Crippen molar-refractivity contribution in [2.24, 2.45) is 0 Å². The van der Waals surface area contributed by atoms with Gasteiger partial charge in [0.15, 0.2) is 0 Å². The van der Waals surface area contributed by atoms with Crippen LogP contribution in [0.5, 0.6) is 0 Å². The molecule has 0 saturated heterocycles. The molecule has 1 aromatic carbocycles. The van der Waals surface area contributed by atoms with Gasteiger partial charge in [-0.2, -0.15) is 15.2 Å². The summed E-state index contributed by atoms with van der Waals surface area (Å²) >= 11 is 0. The second-order valence-corrected chi connectivity index (χ2v) is 5.06. The molecule has 4 aromatic rings. The van der Waals surface area contributed by atoms with Gasteiger partial charge in [0.1, 0.15) is 5.69 Å². The summed E-state index contributed by atoms with van der Waals surface area (Å²) in [6.07, 6.45) is 3.27. The SMILES string of the molecule is Cc1cccc(-c2[nH]ncc2-c2nc(-c3cccnn3)no2)c1. The molecule has 1 N–H and O–H groups in total. The molecule has 3 heterocycles. The van der Waals surface area contributed by atoms with Crippen LogP contribution in [0.15, 0.2) is 53.3 Å². The number of hydrogen-bond donors (Lipinski definition) is 1. The molecule has 0 aliphatic heterocycles. The molecule has 0 aliphatic carbocycles. The van der Waals surface area contributed by atoms with Gasteiger partial charge in [0.2, 0.25) is 5.82 Å². The van der Waals surface area contributed by atoms with E-state index in [1.807, 2.05) is 25.1 Å². The summed E-state index contributed by atoms with van der Waals surface area (Å²) in [5, 5.41) is 18.9. The van der Waals surface area contributed by atoms with Crippen molar-refractivity contribution in [2.75, 3.05) is 0 Å². The van der Waals surface area contributed by atoms with Crippen molar-refractivity contribution < 1.29 is 4.52 Å². The smallest absolute Gasteiger partial charge is 0.262 e. The highest BCUT2D eigenvalue weighted by Gasteiger charge is 2.17. The predicted octanol–water partition coefficient (Wildman–Crippen LogP) is 2.89. The number of aromatic nitrogens is 6. The maximum Gasteiger partial charge on any atom is 0.262 e. The van der Waals surface area contributed by atoms with Crippen molar-refractivity contribution in [3.63, 3.8) is 0 Å². The number of nitrogens with zero attached hydrogens (tertiary/aromatic N) is 5. The number of rotatable bonds is 3. The van der Waals surface area contributed by atoms with Crippen LogP contribution >= 0.6 is 0 Å². The van der Waals surface area contributed by atoms with Gasteiger partial charge in [0.05, 0.1) is 17.5 Å². The second-order valence-electron chi connectivity index (χ2n) is 5.06. The molecule has 3 aromatic heterocycles. The Morgan fingerprint density at radius 3 is 2.91 bits per heavy atom. The highest BCUT2D eigenvalue weighted by atomic mass is 16.5. The van der Waals surface area contributed by atoms with Crippen LogP contribution in [0.2, 0.25) is 0 Å². The maximum atomic E-state index is 5.37. The summed E-state index contributed by atoms with van der Waals surface area (Å²) < 4.78 is 5.37. The molecule has 0 spiro atoms. The molecule has 4 rings (SSSR count). The summed E-state index contributed by atoms with van der Waals surface area (Å²) in [7, 11) is 0. The van der Waals surface area contributed by atoms with Crippen LogP contribution in [0, 0.1) is 6.92 Å². The molecule has 0 radical (unpaired) electrons. The normalized spacial score (nSPS) is 10.8. The van der Waals surface area contributed by atoms with Crippen LogP contribution < -0.4 is 0 Å². The zero-order valence-electron chi connectivity index (χ0n) is 12.3. The van der Waals surface area contributed by atoms with E-state index >= 15 is 0 Å². The molecule has 0 atom stereocenters. The minimum absolute atomic E-state index is 0.385. The van der Waals surface area contributed by atoms with Crippen molar-refractivity contribution in [2.45, 2.75) is 6.92 Å². The highest BCUT2D eigenvalue weighted by Crippen LogP contribution is 2.30. The molecule has 0 amide bonds. The molecule has 23 heavy (non-hydrogen) atoms. The van der Waals surface area contributed by atoms with E-state index in [1.165, 1.54) is 0 Å². The van der Waals surface area contributed by atoms with Crippen LogP contribution in [0.1, 0.15) is 5.56 Å². The molecule has 112 valence electrons. The Bertz CT molecular complexity index is 944. The molecule has 7 heteroatoms. The fourth-order valence-corrected chi connectivity index (χ4v) is 2.33. The van der Waals surface area contributed by atoms with E-state index in [2.05, 4.69) is 36.6 Å². The van der Waals surface area contributed by atoms with Crippen LogP contribution in [0.3, 0.4) is 0 Å². The minimum Gasteiger partial charge on any atom is -0.333 e. The number of hydrogen-bond acceptors (Lipinski definition) is 6. The average Bonchev–Trinajstić information content (AvgIpc) is 3.25. The zero-order chi connectivity index (χ0) is 15.6. The van der Waals surface area contributed by atoms with Crippen LogP contribution in [-0.4, -0.2) is 30.5 Å². The van der Waals surface area contributed by atoms with Gasteiger partial charge in [-0.05, 0) is 25.1 Å². The number of benzene rings is 1. The van der Waals surface area contributed by atoms with Gasteiger partial charge in [-0.3, -0.25) is 5.10 Å². The number of H-pyrrole nitrogens is 1. The monoisotopic (exact) mass is 304 g/mol. The zero-order valence-corrected chi connectivity index (χ0v) is 12.3. The van der Waals surface area contributed by atoms with Gasteiger partial charge in [-0.15, -0.1) is 5.10 Å². The highest BCUT2D eigenvalue weighted by molar-refractivity contribution is 5.76. The summed E-state index contributed by atoms with van der Waals surface area (Å²) in [4.78, 5) is 4.39. The lowest BCUT2D eigenvalue weighted by Gasteiger charge is -2.01. The molecule has 0 fully saturated rings. The lowest BCUT2D eigenvalue weighted by Crippen LogP contribution is -1.87. The third-order valence-corrected chi connectivity index (χ3v) is 3.40. The Balaban J connectivity index is 1.76. The molecule has 0 unspecified atom stereocenters. The van der Waals surface area contributed by atoms with Crippen molar-refractivity contribution in [1.29, 1.82) is 0 Å². The fourth-order valence-electron chi connectivity index (χ4n) is 2.33. The fraction of sp³-hybridized carbons (Fsp3) is 0.0625. The Labute approximate surface area is 131 Å². The minimum atomic E-state index is 0.385. The molecule has 0 bridgehead atoms. The van der Waals surface area contributed by atoms with Crippen LogP contribution in [0.4, 0.5) is 0 Å². The largest absolute Gasteiger partial charge is 0.333 e. The van der Waals surface area contributed by atoms with E-state index in [9.17, 15) is 0 Å².